The van der Waals surface area contributed by atoms with Crippen LogP contribution in [0.2, 0.25) is 0 Å². The van der Waals surface area contributed by atoms with E-state index in [1.54, 1.807) is 12.4 Å². The SMILES string of the molecule is C/C=C\c1cccnc1/N=C\C. The zero-order valence-electron chi connectivity index (χ0n) is 7.36. The lowest BCUT2D eigenvalue weighted by atomic mass is 10.2. The quantitative estimate of drug-likeness (QED) is 0.611. The highest BCUT2D eigenvalue weighted by molar-refractivity contribution is 5.66. The summed E-state index contributed by atoms with van der Waals surface area (Å²) in [5, 5.41) is 0. The number of rotatable bonds is 2. The Balaban J connectivity index is 3.08. The summed E-state index contributed by atoms with van der Waals surface area (Å²) in [7, 11) is 0. The van der Waals surface area contributed by atoms with E-state index < -0.39 is 0 Å². The minimum Gasteiger partial charge on any atom is -0.241 e. The third-order valence-electron chi connectivity index (χ3n) is 1.41. The van der Waals surface area contributed by atoms with Crippen LogP contribution in [0.3, 0.4) is 0 Å². The van der Waals surface area contributed by atoms with Crippen molar-refractivity contribution in [2.24, 2.45) is 4.99 Å². The minimum atomic E-state index is 0.776. The molecule has 0 radical (unpaired) electrons. The Labute approximate surface area is 72.7 Å². The Morgan fingerprint density at radius 1 is 1.42 bits per heavy atom. The molecule has 12 heavy (non-hydrogen) atoms. The van der Waals surface area contributed by atoms with Gasteiger partial charge < -0.3 is 0 Å². The molecule has 2 nitrogen and oxygen atoms in total. The van der Waals surface area contributed by atoms with Crippen molar-refractivity contribution in [1.29, 1.82) is 0 Å². The normalized spacial score (nSPS) is 11.5. The van der Waals surface area contributed by atoms with Crippen LogP contribution in [0.1, 0.15) is 19.4 Å². The van der Waals surface area contributed by atoms with Gasteiger partial charge in [-0.1, -0.05) is 12.2 Å². The molecular weight excluding hydrogens is 148 g/mol. The summed E-state index contributed by atoms with van der Waals surface area (Å²) in [5.74, 6) is 0.776. The number of allylic oxidation sites excluding steroid dienone is 1. The Bertz CT molecular complexity index is 269. The molecule has 0 aliphatic heterocycles. The molecule has 0 aliphatic carbocycles. The summed E-state index contributed by atoms with van der Waals surface area (Å²) in [6.45, 7) is 3.86. The van der Waals surface area contributed by atoms with Crippen molar-refractivity contribution >= 4 is 18.1 Å². The lowest BCUT2D eigenvalue weighted by molar-refractivity contribution is 1.27. The van der Waals surface area contributed by atoms with Crippen LogP contribution in [-0.4, -0.2) is 11.2 Å². The summed E-state index contributed by atoms with van der Waals surface area (Å²) in [4.78, 5) is 8.28. The van der Waals surface area contributed by atoms with Crippen molar-refractivity contribution < 1.29 is 0 Å². The predicted octanol–water partition coefficient (Wildman–Crippen LogP) is 2.84. The lowest BCUT2D eigenvalue weighted by Gasteiger charge is -1.96. The zero-order chi connectivity index (χ0) is 8.81. The fourth-order valence-corrected chi connectivity index (χ4v) is 0.949. The van der Waals surface area contributed by atoms with Crippen LogP contribution in [0.4, 0.5) is 5.82 Å². The lowest BCUT2D eigenvalue weighted by Crippen LogP contribution is -1.78. The third kappa shape index (κ3) is 2.02. The third-order valence-corrected chi connectivity index (χ3v) is 1.41. The number of nitrogens with zero attached hydrogens (tertiary/aromatic N) is 2. The Morgan fingerprint density at radius 2 is 2.25 bits per heavy atom. The molecule has 1 aromatic heterocycles. The van der Waals surface area contributed by atoms with Gasteiger partial charge in [0.1, 0.15) is 0 Å². The highest BCUT2D eigenvalue weighted by Crippen LogP contribution is 2.15. The van der Waals surface area contributed by atoms with E-state index in [-0.39, 0.29) is 0 Å². The smallest absolute Gasteiger partial charge is 0.158 e. The fourth-order valence-electron chi connectivity index (χ4n) is 0.949. The van der Waals surface area contributed by atoms with Crippen LogP contribution >= 0.6 is 0 Å². The molecule has 62 valence electrons. The maximum absolute atomic E-state index is 4.14. The van der Waals surface area contributed by atoms with Crippen molar-refractivity contribution in [1.82, 2.24) is 4.98 Å². The van der Waals surface area contributed by atoms with Gasteiger partial charge in [-0.25, -0.2) is 9.98 Å². The summed E-state index contributed by atoms with van der Waals surface area (Å²) in [6, 6.07) is 3.90. The molecule has 0 saturated heterocycles. The van der Waals surface area contributed by atoms with E-state index in [9.17, 15) is 0 Å². The van der Waals surface area contributed by atoms with Crippen molar-refractivity contribution in [2.45, 2.75) is 13.8 Å². The molecular formula is C10H12N2. The second-order valence-corrected chi connectivity index (χ2v) is 2.30. The van der Waals surface area contributed by atoms with Gasteiger partial charge in [-0.2, -0.15) is 0 Å². The molecule has 1 heterocycles. The maximum atomic E-state index is 4.14. The average Bonchev–Trinajstić information content (AvgIpc) is 2.09. The predicted molar refractivity (Wildman–Crippen MR) is 52.8 cm³/mol. The van der Waals surface area contributed by atoms with Crippen LogP contribution in [0.15, 0.2) is 29.4 Å². The van der Waals surface area contributed by atoms with Crippen molar-refractivity contribution in [3.8, 4) is 0 Å². The van der Waals surface area contributed by atoms with Gasteiger partial charge in [0.15, 0.2) is 5.82 Å². The van der Waals surface area contributed by atoms with Crippen LogP contribution in [0, 0.1) is 0 Å². The molecule has 0 unspecified atom stereocenters. The van der Waals surface area contributed by atoms with Gasteiger partial charge in [0, 0.05) is 18.0 Å². The molecule has 0 aromatic carbocycles. The number of pyridine rings is 1. The molecule has 0 amide bonds. The molecule has 2 heteroatoms. The number of aliphatic imine (C=N–C) groups is 1. The average molecular weight is 160 g/mol. The molecule has 1 rings (SSSR count). The Hall–Kier alpha value is -1.44. The number of aromatic nitrogens is 1. The fraction of sp³-hybridized carbons (Fsp3) is 0.200. The first kappa shape index (κ1) is 8.65. The molecule has 1 aromatic rings. The second kappa shape index (κ2) is 4.44. The largest absolute Gasteiger partial charge is 0.241 e. The van der Waals surface area contributed by atoms with Gasteiger partial charge in [-0.15, -0.1) is 0 Å². The van der Waals surface area contributed by atoms with Gasteiger partial charge in [0.2, 0.25) is 0 Å². The zero-order valence-corrected chi connectivity index (χ0v) is 7.36. The van der Waals surface area contributed by atoms with Gasteiger partial charge >= 0.3 is 0 Å². The van der Waals surface area contributed by atoms with E-state index in [0.29, 0.717) is 0 Å². The first-order chi connectivity index (χ1) is 5.88. The molecule has 0 atom stereocenters. The highest BCUT2D eigenvalue weighted by Gasteiger charge is 1.94. The standard InChI is InChI=1S/C10H12N2/c1-3-6-9-7-5-8-12-10(9)11-4-2/h3-8H,1-2H3/b6-3-,11-4-. The minimum absolute atomic E-state index is 0.776. The summed E-state index contributed by atoms with van der Waals surface area (Å²) >= 11 is 0. The van der Waals surface area contributed by atoms with Crippen molar-refractivity contribution in [3.05, 3.63) is 30.0 Å². The summed E-state index contributed by atoms with van der Waals surface area (Å²) in [6.07, 6.45) is 7.46. The van der Waals surface area contributed by atoms with Gasteiger partial charge in [0.25, 0.3) is 0 Å². The van der Waals surface area contributed by atoms with E-state index in [1.807, 2.05) is 38.1 Å². The van der Waals surface area contributed by atoms with Crippen LogP contribution in [0.25, 0.3) is 6.08 Å². The van der Waals surface area contributed by atoms with E-state index in [2.05, 4.69) is 9.98 Å². The van der Waals surface area contributed by atoms with Crippen molar-refractivity contribution in [2.75, 3.05) is 0 Å². The first-order valence-electron chi connectivity index (χ1n) is 3.95. The molecule has 0 bridgehead atoms. The topological polar surface area (TPSA) is 25.2 Å². The maximum Gasteiger partial charge on any atom is 0.158 e. The molecule has 0 spiro atoms. The molecule has 0 fully saturated rings. The molecule has 0 N–H and O–H groups in total. The van der Waals surface area contributed by atoms with Crippen LogP contribution in [-0.2, 0) is 0 Å². The van der Waals surface area contributed by atoms with Crippen LogP contribution in [0.5, 0.6) is 0 Å². The van der Waals surface area contributed by atoms with Crippen molar-refractivity contribution in [3.63, 3.8) is 0 Å². The number of hydrogen-bond donors (Lipinski definition) is 0. The summed E-state index contributed by atoms with van der Waals surface area (Å²) < 4.78 is 0. The molecule has 0 saturated carbocycles. The van der Waals surface area contributed by atoms with Gasteiger partial charge in [-0.05, 0) is 26.0 Å². The van der Waals surface area contributed by atoms with Gasteiger partial charge in [-0.3, -0.25) is 0 Å². The monoisotopic (exact) mass is 160 g/mol. The first-order valence-corrected chi connectivity index (χ1v) is 3.95. The van der Waals surface area contributed by atoms with E-state index in [0.717, 1.165) is 11.4 Å². The summed E-state index contributed by atoms with van der Waals surface area (Å²) in [5.41, 5.74) is 1.05. The van der Waals surface area contributed by atoms with E-state index in [1.165, 1.54) is 0 Å². The Morgan fingerprint density at radius 3 is 2.92 bits per heavy atom. The van der Waals surface area contributed by atoms with E-state index in [4.69, 9.17) is 0 Å². The second-order valence-electron chi connectivity index (χ2n) is 2.30. The number of hydrogen-bond acceptors (Lipinski definition) is 2. The van der Waals surface area contributed by atoms with E-state index >= 15 is 0 Å². The highest BCUT2D eigenvalue weighted by atomic mass is 14.9. The van der Waals surface area contributed by atoms with Gasteiger partial charge in [0.05, 0.1) is 0 Å². The molecule has 0 aliphatic rings. The van der Waals surface area contributed by atoms with Crippen LogP contribution < -0.4 is 0 Å². The Kier molecular flexibility index (Phi) is 3.20.